The molecule has 1 aromatic rings. The van der Waals surface area contributed by atoms with E-state index in [0.717, 1.165) is 44.1 Å². The van der Waals surface area contributed by atoms with Gasteiger partial charge < -0.3 is 10.6 Å². The van der Waals surface area contributed by atoms with Crippen LogP contribution in [0.4, 0.5) is 26.3 Å². The molecule has 1 aliphatic carbocycles. The second-order valence-corrected chi connectivity index (χ2v) is 9.43. The Balaban J connectivity index is 1.65. The van der Waals surface area contributed by atoms with Crippen LogP contribution in [-0.2, 0) is 12.6 Å². The Morgan fingerprint density at radius 1 is 0.939 bits per heavy atom. The van der Waals surface area contributed by atoms with E-state index in [0.29, 0.717) is 24.7 Å². The maximum Gasteiger partial charge on any atom is 0.416 e. The Hall–Kier alpha value is -2.00. The van der Waals surface area contributed by atoms with Gasteiger partial charge in [-0.3, -0.25) is 4.90 Å². The van der Waals surface area contributed by atoms with Crippen LogP contribution in [0.1, 0.15) is 43.2 Å². The Morgan fingerprint density at radius 3 is 2.21 bits per heavy atom. The molecule has 1 atom stereocenters. The topological polar surface area (TPSA) is 32.5 Å². The standard InChI is InChI=1S/C24H29F6N3/c25-23(26,27)18-5-3-4-17(12-18)14-22(15-19(24(28,29)30)13-20(31)16-22)33-10-6-21(7-11-33)32-8-1-2-9-32/h3-5,12-13,15,21H,1-2,6-11,14,16,31H2. The Labute approximate surface area is 189 Å². The van der Waals surface area contributed by atoms with E-state index < -0.39 is 29.0 Å². The molecular weight excluding hydrogens is 444 g/mol. The van der Waals surface area contributed by atoms with E-state index in [2.05, 4.69) is 4.90 Å². The molecule has 0 aromatic heterocycles. The van der Waals surface area contributed by atoms with E-state index in [1.807, 2.05) is 4.90 Å². The highest BCUT2D eigenvalue weighted by Gasteiger charge is 2.45. The van der Waals surface area contributed by atoms with Crippen molar-refractivity contribution in [3.05, 3.63) is 58.8 Å². The van der Waals surface area contributed by atoms with Crippen LogP contribution >= 0.6 is 0 Å². The van der Waals surface area contributed by atoms with Gasteiger partial charge >= 0.3 is 12.4 Å². The maximum absolute atomic E-state index is 13.7. The van der Waals surface area contributed by atoms with Gasteiger partial charge in [0.25, 0.3) is 0 Å². The van der Waals surface area contributed by atoms with Gasteiger partial charge in [-0.2, -0.15) is 26.3 Å². The normalized spacial score (nSPS) is 26.4. The molecule has 1 unspecified atom stereocenters. The van der Waals surface area contributed by atoms with Crippen molar-refractivity contribution in [2.45, 2.75) is 62.5 Å². The van der Waals surface area contributed by atoms with Crippen molar-refractivity contribution in [2.75, 3.05) is 26.2 Å². The number of hydrogen-bond donors (Lipinski definition) is 1. The van der Waals surface area contributed by atoms with Crippen LogP contribution in [0.25, 0.3) is 0 Å². The number of alkyl halides is 6. The zero-order valence-corrected chi connectivity index (χ0v) is 18.4. The average Bonchev–Trinajstić information content (AvgIpc) is 3.27. The number of piperidine rings is 1. The van der Waals surface area contributed by atoms with E-state index in [1.165, 1.54) is 25.0 Å². The van der Waals surface area contributed by atoms with Crippen molar-refractivity contribution >= 4 is 0 Å². The van der Waals surface area contributed by atoms with Crippen LogP contribution in [0, 0.1) is 0 Å². The summed E-state index contributed by atoms with van der Waals surface area (Å²) in [5.41, 5.74) is 3.67. The lowest BCUT2D eigenvalue weighted by atomic mass is 9.78. The first kappa shape index (κ1) is 24.1. The highest BCUT2D eigenvalue weighted by atomic mass is 19.4. The van der Waals surface area contributed by atoms with Gasteiger partial charge in [0.1, 0.15) is 0 Å². The van der Waals surface area contributed by atoms with Gasteiger partial charge in [-0.05, 0) is 62.9 Å². The molecule has 2 fully saturated rings. The first-order valence-corrected chi connectivity index (χ1v) is 11.4. The van der Waals surface area contributed by atoms with Crippen LogP contribution in [0.15, 0.2) is 47.7 Å². The number of benzene rings is 1. The summed E-state index contributed by atoms with van der Waals surface area (Å²) >= 11 is 0. The molecule has 1 aromatic carbocycles. The summed E-state index contributed by atoms with van der Waals surface area (Å²) in [6.07, 6.45) is -2.81. The van der Waals surface area contributed by atoms with Crippen molar-refractivity contribution in [3.8, 4) is 0 Å². The van der Waals surface area contributed by atoms with Crippen molar-refractivity contribution in [1.82, 2.24) is 9.80 Å². The summed E-state index contributed by atoms with van der Waals surface area (Å²) in [4.78, 5) is 4.45. The minimum atomic E-state index is -4.59. The fourth-order valence-electron chi connectivity index (χ4n) is 5.57. The van der Waals surface area contributed by atoms with Crippen LogP contribution in [0.2, 0.25) is 0 Å². The Kier molecular flexibility index (Phi) is 6.57. The first-order valence-electron chi connectivity index (χ1n) is 11.4. The van der Waals surface area contributed by atoms with Crippen LogP contribution in [0.5, 0.6) is 0 Å². The number of allylic oxidation sites excluding steroid dienone is 2. The summed E-state index contributed by atoms with van der Waals surface area (Å²) in [6, 6.07) is 5.26. The molecule has 0 amide bonds. The fraction of sp³-hybridized carbons (Fsp3) is 0.583. The van der Waals surface area contributed by atoms with E-state index in [4.69, 9.17) is 5.73 Å². The minimum absolute atomic E-state index is 0.0272. The minimum Gasteiger partial charge on any atom is -0.402 e. The molecule has 0 saturated carbocycles. The molecule has 3 aliphatic rings. The highest BCUT2D eigenvalue weighted by Crippen LogP contribution is 2.41. The molecule has 182 valence electrons. The fourth-order valence-corrected chi connectivity index (χ4v) is 5.57. The van der Waals surface area contributed by atoms with Gasteiger partial charge in [-0.1, -0.05) is 24.3 Å². The predicted octanol–water partition coefficient (Wildman–Crippen LogP) is 5.28. The molecule has 0 spiro atoms. The summed E-state index contributed by atoms with van der Waals surface area (Å²) < 4.78 is 80.9. The lowest BCUT2D eigenvalue weighted by Gasteiger charge is -2.48. The number of halogens is 6. The third-order valence-electron chi connectivity index (χ3n) is 7.12. The van der Waals surface area contributed by atoms with Gasteiger partial charge in [0, 0.05) is 36.8 Å². The second kappa shape index (κ2) is 8.98. The second-order valence-electron chi connectivity index (χ2n) is 9.43. The molecular formula is C24H29F6N3. The lowest BCUT2D eigenvalue weighted by molar-refractivity contribution is -0.137. The van der Waals surface area contributed by atoms with Crippen molar-refractivity contribution in [1.29, 1.82) is 0 Å². The number of nitrogens with two attached hydrogens (primary N) is 1. The third-order valence-corrected chi connectivity index (χ3v) is 7.12. The number of likely N-dealkylation sites (tertiary alicyclic amines) is 2. The summed E-state index contributed by atoms with van der Waals surface area (Å²) in [6.45, 7) is 3.26. The Morgan fingerprint density at radius 2 is 1.61 bits per heavy atom. The highest BCUT2D eigenvalue weighted by molar-refractivity contribution is 5.39. The molecule has 0 bridgehead atoms. The molecule has 2 heterocycles. The van der Waals surface area contributed by atoms with Crippen LogP contribution in [0.3, 0.4) is 0 Å². The van der Waals surface area contributed by atoms with Crippen molar-refractivity contribution < 1.29 is 26.3 Å². The number of hydrogen-bond acceptors (Lipinski definition) is 3. The van der Waals surface area contributed by atoms with Gasteiger partial charge in [0.05, 0.1) is 11.1 Å². The van der Waals surface area contributed by atoms with Crippen molar-refractivity contribution in [2.24, 2.45) is 5.73 Å². The number of rotatable bonds is 4. The van der Waals surface area contributed by atoms with Crippen LogP contribution < -0.4 is 5.73 Å². The van der Waals surface area contributed by atoms with Crippen molar-refractivity contribution in [3.63, 3.8) is 0 Å². The molecule has 2 saturated heterocycles. The molecule has 2 aliphatic heterocycles. The third kappa shape index (κ3) is 5.40. The van der Waals surface area contributed by atoms with Gasteiger partial charge in [0.2, 0.25) is 0 Å². The molecule has 0 radical (unpaired) electrons. The van der Waals surface area contributed by atoms with E-state index >= 15 is 0 Å². The number of nitrogens with zero attached hydrogens (tertiary/aromatic N) is 2. The van der Waals surface area contributed by atoms with Gasteiger partial charge in [-0.25, -0.2) is 0 Å². The van der Waals surface area contributed by atoms with E-state index in [-0.39, 0.29) is 18.5 Å². The molecule has 33 heavy (non-hydrogen) atoms. The summed E-state index contributed by atoms with van der Waals surface area (Å²) in [5.74, 6) is 0. The maximum atomic E-state index is 13.7. The largest absolute Gasteiger partial charge is 0.416 e. The smallest absolute Gasteiger partial charge is 0.402 e. The zero-order chi connectivity index (χ0) is 23.9. The lowest BCUT2D eigenvalue weighted by Crippen LogP contribution is -2.56. The summed E-state index contributed by atoms with van der Waals surface area (Å²) in [5, 5.41) is 0. The monoisotopic (exact) mass is 473 g/mol. The van der Waals surface area contributed by atoms with Crippen LogP contribution in [-0.4, -0.2) is 53.7 Å². The zero-order valence-electron chi connectivity index (χ0n) is 18.4. The van der Waals surface area contributed by atoms with Gasteiger partial charge in [0.15, 0.2) is 0 Å². The molecule has 4 rings (SSSR count). The Bertz CT molecular complexity index is 906. The van der Waals surface area contributed by atoms with E-state index in [9.17, 15) is 26.3 Å². The SMILES string of the molecule is NC1=CC(C(F)(F)F)=CC(Cc2cccc(C(F)(F)F)c2)(N2CCC(N3CCCC3)CC2)C1. The quantitative estimate of drug-likeness (QED) is 0.604. The average molecular weight is 474 g/mol. The predicted molar refractivity (Wildman–Crippen MR) is 114 cm³/mol. The van der Waals surface area contributed by atoms with E-state index in [1.54, 1.807) is 6.07 Å². The summed E-state index contributed by atoms with van der Waals surface area (Å²) in [7, 11) is 0. The van der Waals surface area contributed by atoms with Gasteiger partial charge in [-0.15, -0.1) is 0 Å². The molecule has 2 N–H and O–H groups in total. The first-order chi connectivity index (χ1) is 15.5. The molecule has 3 nitrogen and oxygen atoms in total. The molecule has 9 heteroatoms.